The van der Waals surface area contributed by atoms with Crippen LogP contribution in [0.15, 0.2) is 48.5 Å². The molecule has 0 spiro atoms. The minimum absolute atomic E-state index is 0.0550. The van der Waals surface area contributed by atoms with Gasteiger partial charge in [-0.25, -0.2) is 4.79 Å². The van der Waals surface area contributed by atoms with E-state index in [0.717, 1.165) is 36.0 Å². The third-order valence-electron chi connectivity index (χ3n) is 4.70. The Morgan fingerprint density at radius 2 is 1.88 bits per heavy atom. The number of phenols is 1. The number of aromatic hydroxyl groups is 1. The van der Waals surface area contributed by atoms with Gasteiger partial charge in [-0.2, -0.15) is 0 Å². The molecule has 0 unspecified atom stereocenters. The Morgan fingerprint density at radius 1 is 1.15 bits per heavy atom. The third kappa shape index (κ3) is 4.37. The van der Waals surface area contributed by atoms with Crippen molar-refractivity contribution in [2.75, 3.05) is 0 Å². The number of rotatable bonds is 3. The molecule has 0 saturated heterocycles. The molecule has 1 amide bonds. The lowest BCUT2D eigenvalue weighted by Gasteiger charge is -2.36. The van der Waals surface area contributed by atoms with Gasteiger partial charge in [-0.1, -0.05) is 42.5 Å². The fourth-order valence-corrected chi connectivity index (χ4v) is 3.48. The average molecular weight is 353 g/mol. The Kier molecular flexibility index (Phi) is 5.21. The molecule has 0 saturated carbocycles. The number of phenolic OH excluding ortho intramolecular Hbond substituents is 1. The predicted octanol–water partition coefficient (Wildman–Crippen LogP) is 4.69. The largest absolute Gasteiger partial charge is 0.508 e. The fourth-order valence-electron chi connectivity index (χ4n) is 3.48. The minimum atomic E-state index is -0.531. The first-order chi connectivity index (χ1) is 12.3. The van der Waals surface area contributed by atoms with E-state index in [1.807, 2.05) is 68.1 Å². The smallest absolute Gasteiger partial charge is 0.410 e. The number of hydrogen-bond acceptors (Lipinski definition) is 3. The topological polar surface area (TPSA) is 49.8 Å². The van der Waals surface area contributed by atoms with Gasteiger partial charge in [0.15, 0.2) is 0 Å². The molecule has 0 radical (unpaired) electrons. The first-order valence-corrected chi connectivity index (χ1v) is 9.17. The lowest BCUT2D eigenvalue weighted by atomic mass is 9.87. The lowest BCUT2D eigenvalue weighted by molar-refractivity contribution is 0.0124. The van der Waals surface area contributed by atoms with Crippen LogP contribution < -0.4 is 0 Å². The summed E-state index contributed by atoms with van der Waals surface area (Å²) in [7, 11) is 0. The molecule has 2 aromatic rings. The van der Waals surface area contributed by atoms with Crippen molar-refractivity contribution in [3.63, 3.8) is 0 Å². The fraction of sp³-hybridized carbons (Fsp3) is 0.409. The summed E-state index contributed by atoms with van der Waals surface area (Å²) >= 11 is 0. The van der Waals surface area contributed by atoms with E-state index in [1.165, 1.54) is 0 Å². The van der Waals surface area contributed by atoms with E-state index in [9.17, 15) is 9.90 Å². The van der Waals surface area contributed by atoms with Crippen LogP contribution >= 0.6 is 0 Å². The molecular weight excluding hydrogens is 326 g/mol. The van der Waals surface area contributed by atoms with Crippen molar-refractivity contribution in [2.45, 2.75) is 58.2 Å². The zero-order chi connectivity index (χ0) is 18.7. The van der Waals surface area contributed by atoms with Crippen LogP contribution in [0.1, 0.15) is 43.9 Å². The molecule has 0 fully saturated rings. The van der Waals surface area contributed by atoms with Gasteiger partial charge in [0.2, 0.25) is 0 Å². The summed E-state index contributed by atoms with van der Waals surface area (Å²) < 4.78 is 5.67. The highest BCUT2D eigenvalue weighted by Crippen LogP contribution is 2.31. The molecule has 1 N–H and O–H groups in total. The van der Waals surface area contributed by atoms with E-state index in [-0.39, 0.29) is 12.1 Å². The van der Waals surface area contributed by atoms with Crippen LogP contribution in [-0.4, -0.2) is 27.7 Å². The van der Waals surface area contributed by atoms with Gasteiger partial charge in [0.1, 0.15) is 11.4 Å². The first kappa shape index (κ1) is 18.3. The number of amides is 1. The molecule has 1 atom stereocenters. The van der Waals surface area contributed by atoms with Crippen molar-refractivity contribution in [1.29, 1.82) is 0 Å². The van der Waals surface area contributed by atoms with Crippen molar-refractivity contribution < 1.29 is 14.6 Å². The second-order valence-corrected chi connectivity index (χ2v) is 7.91. The molecule has 26 heavy (non-hydrogen) atoms. The maximum absolute atomic E-state index is 12.9. The van der Waals surface area contributed by atoms with E-state index >= 15 is 0 Å². The highest BCUT2D eigenvalue weighted by molar-refractivity contribution is 5.69. The van der Waals surface area contributed by atoms with Crippen LogP contribution in [0, 0.1) is 0 Å². The van der Waals surface area contributed by atoms with Crippen molar-refractivity contribution in [2.24, 2.45) is 0 Å². The Labute approximate surface area is 155 Å². The summed E-state index contributed by atoms with van der Waals surface area (Å²) in [6.45, 7) is 6.19. The van der Waals surface area contributed by atoms with E-state index in [4.69, 9.17) is 4.74 Å². The van der Waals surface area contributed by atoms with Gasteiger partial charge in [0.05, 0.1) is 0 Å². The summed E-state index contributed by atoms with van der Waals surface area (Å²) in [6, 6.07) is 15.7. The molecule has 4 heteroatoms. The lowest BCUT2D eigenvalue weighted by Crippen LogP contribution is -2.45. The van der Waals surface area contributed by atoms with Gasteiger partial charge in [-0.05, 0) is 62.8 Å². The van der Waals surface area contributed by atoms with Crippen LogP contribution in [0.2, 0.25) is 0 Å². The van der Waals surface area contributed by atoms with Crippen LogP contribution in [-0.2, 0) is 24.1 Å². The third-order valence-corrected chi connectivity index (χ3v) is 4.70. The Balaban J connectivity index is 1.84. The SMILES string of the molecule is CC(C)(C)OC(=O)N(Cc1ccccc1)[C@H]1CCc2c(O)cccc2C1. The van der Waals surface area contributed by atoms with Gasteiger partial charge in [-0.3, -0.25) is 0 Å². The normalized spacial score (nSPS) is 16.7. The number of benzene rings is 2. The van der Waals surface area contributed by atoms with Crippen molar-refractivity contribution in [3.05, 3.63) is 65.2 Å². The summed E-state index contributed by atoms with van der Waals surface area (Å²) in [5.74, 6) is 0.354. The van der Waals surface area contributed by atoms with Gasteiger partial charge in [0.25, 0.3) is 0 Å². The van der Waals surface area contributed by atoms with Gasteiger partial charge < -0.3 is 14.7 Å². The molecule has 138 valence electrons. The van der Waals surface area contributed by atoms with Crippen LogP contribution in [0.4, 0.5) is 4.79 Å². The second-order valence-electron chi connectivity index (χ2n) is 7.91. The number of fused-ring (bicyclic) bond motifs is 1. The molecule has 1 aliphatic rings. The number of hydrogen-bond donors (Lipinski definition) is 1. The van der Waals surface area contributed by atoms with Crippen LogP contribution in [0.5, 0.6) is 5.75 Å². The van der Waals surface area contributed by atoms with Gasteiger partial charge in [0, 0.05) is 12.6 Å². The quantitative estimate of drug-likeness (QED) is 0.871. The van der Waals surface area contributed by atoms with Crippen molar-refractivity contribution in [1.82, 2.24) is 4.90 Å². The van der Waals surface area contributed by atoms with Crippen LogP contribution in [0.3, 0.4) is 0 Å². The molecule has 0 aromatic heterocycles. The molecule has 4 nitrogen and oxygen atoms in total. The molecule has 0 bridgehead atoms. The number of nitrogens with zero attached hydrogens (tertiary/aromatic N) is 1. The number of ether oxygens (including phenoxy) is 1. The van der Waals surface area contributed by atoms with Crippen molar-refractivity contribution >= 4 is 6.09 Å². The zero-order valence-electron chi connectivity index (χ0n) is 15.7. The van der Waals surface area contributed by atoms with E-state index in [1.54, 1.807) is 6.07 Å². The van der Waals surface area contributed by atoms with E-state index in [2.05, 4.69) is 0 Å². The molecule has 0 aliphatic heterocycles. The maximum atomic E-state index is 12.9. The maximum Gasteiger partial charge on any atom is 0.410 e. The standard InChI is InChI=1S/C22H27NO3/c1-22(2,3)26-21(25)23(15-16-8-5-4-6-9-16)18-12-13-19-17(14-18)10-7-11-20(19)24/h4-11,18,24H,12-15H2,1-3H3/t18-/m0/s1. The van der Waals surface area contributed by atoms with Gasteiger partial charge in [-0.15, -0.1) is 0 Å². The average Bonchev–Trinajstić information content (AvgIpc) is 2.59. The predicted molar refractivity (Wildman–Crippen MR) is 102 cm³/mol. The second kappa shape index (κ2) is 7.40. The van der Waals surface area contributed by atoms with Crippen LogP contribution in [0.25, 0.3) is 0 Å². The first-order valence-electron chi connectivity index (χ1n) is 9.17. The highest BCUT2D eigenvalue weighted by Gasteiger charge is 2.31. The Hall–Kier alpha value is -2.49. The molecule has 3 rings (SSSR count). The number of carbonyl (C=O) groups excluding carboxylic acids is 1. The zero-order valence-corrected chi connectivity index (χ0v) is 15.7. The summed E-state index contributed by atoms with van der Waals surface area (Å²) in [4.78, 5) is 14.7. The molecule has 0 heterocycles. The summed E-state index contributed by atoms with van der Waals surface area (Å²) in [6.07, 6.45) is 2.03. The summed E-state index contributed by atoms with van der Waals surface area (Å²) in [5, 5.41) is 10.1. The highest BCUT2D eigenvalue weighted by atomic mass is 16.6. The molecular formula is C22H27NO3. The summed E-state index contributed by atoms with van der Waals surface area (Å²) in [5.41, 5.74) is 2.67. The number of carbonyl (C=O) groups is 1. The van der Waals surface area contributed by atoms with E-state index < -0.39 is 5.60 Å². The monoisotopic (exact) mass is 353 g/mol. The molecule has 1 aliphatic carbocycles. The Bertz CT molecular complexity index is 765. The molecule has 2 aromatic carbocycles. The van der Waals surface area contributed by atoms with Crippen molar-refractivity contribution in [3.8, 4) is 5.75 Å². The Morgan fingerprint density at radius 3 is 2.58 bits per heavy atom. The minimum Gasteiger partial charge on any atom is -0.508 e. The van der Waals surface area contributed by atoms with E-state index in [0.29, 0.717) is 12.3 Å². The van der Waals surface area contributed by atoms with Gasteiger partial charge >= 0.3 is 6.09 Å².